The Morgan fingerprint density at radius 3 is 2.56 bits per heavy atom. The lowest BCUT2D eigenvalue weighted by molar-refractivity contribution is -0.194. The van der Waals surface area contributed by atoms with Crippen molar-refractivity contribution in [1.82, 2.24) is 40.1 Å². The first-order valence-corrected chi connectivity index (χ1v) is 11.6. The zero-order chi connectivity index (χ0) is 27.7. The first-order valence-electron chi connectivity index (χ1n) is 11.2. The molecular formula is C21H17ClFN9O7. The molecule has 1 aromatic carbocycles. The largest absolute Gasteiger partial charge is 0.479 e. The molecule has 0 radical (unpaired) electrons. The topological polar surface area (TPSA) is 237 Å². The summed E-state index contributed by atoms with van der Waals surface area (Å²) in [5.41, 5.74) is 1.55. The van der Waals surface area contributed by atoms with Crippen molar-refractivity contribution in [3.8, 4) is 11.4 Å². The molecular weight excluding hydrogens is 545 g/mol. The standard InChI is InChI=1S/C21H17ClFN9O7/c22-19-26-13(24)9-15(27-19)32(6-25-9)16-10(23)21(37)11(38-16)12(21)39-20(17(33)34,18(35)36)5-7-1-3-8(4-2-7)14-28-30-31-29-14/h1-4,6,10-12,16,37H,5H2,(H,33,34)(H,35,36)(H2,24,26,27)(H,28,29,30,31)/t10-,11-,12?,16-,21+/m1/s1. The van der Waals surface area contributed by atoms with Crippen LogP contribution in [0, 0.1) is 0 Å². The quantitative estimate of drug-likeness (QED) is 0.138. The molecule has 4 heterocycles. The number of ether oxygens (including phenoxy) is 2. The second-order valence-corrected chi connectivity index (χ2v) is 9.38. The normalized spacial score (nSPS) is 26.0. The molecule has 5 atom stereocenters. The fourth-order valence-electron chi connectivity index (χ4n) is 4.68. The van der Waals surface area contributed by atoms with Crippen molar-refractivity contribution in [2.45, 2.75) is 42.2 Å². The number of rotatable bonds is 8. The monoisotopic (exact) mass is 561 g/mol. The van der Waals surface area contributed by atoms with Crippen LogP contribution in [0.4, 0.5) is 10.2 Å². The third kappa shape index (κ3) is 3.69. The second kappa shape index (κ2) is 8.60. The number of carboxylic acids is 2. The number of aliphatic carboxylic acids is 2. The summed E-state index contributed by atoms with van der Waals surface area (Å²) in [5, 5.41) is 43.9. The van der Waals surface area contributed by atoms with Crippen molar-refractivity contribution >= 4 is 40.5 Å². The predicted octanol–water partition coefficient (Wildman–Crippen LogP) is -0.242. The van der Waals surface area contributed by atoms with Crippen molar-refractivity contribution in [3.63, 3.8) is 0 Å². The number of hydrogen-bond acceptors (Lipinski definition) is 12. The molecule has 202 valence electrons. The molecule has 18 heteroatoms. The number of hydrogen-bond donors (Lipinski definition) is 5. The van der Waals surface area contributed by atoms with E-state index in [1.165, 1.54) is 18.5 Å². The molecule has 6 N–H and O–H groups in total. The van der Waals surface area contributed by atoms with Crippen molar-refractivity contribution in [1.29, 1.82) is 0 Å². The minimum absolute atomic E-state index is 0.0393. The van der Waals surface area contributed by atoms with E-state index in [-0.39, 0.29) is 27.8 Å². The minimum atomic E-state index is -2.87. The molecule has 4 aromatic rings. The van der Waals surface area contributed by atoms with Crippen LogP contribution in [0.1, 0.15) is 11.8 Å². The molecule has 39 heavy (non-hydrogen) atoms. The number of carboxylic acid groups (broad SMARTS) is 2. The fourth-order valence-corrected chi connectivity index (χ4v) is 4.86. The van der Waals surface area contributed by atoms with Gasteiger partial charge in [-0.15, -0.1) is 5.10 Å². The van der Waals surface area contributed by atoms with Crippen molar-refractivity contribution in [2.24, 2.45) is 0 Å². The van der Waals surface area contributed by atoms with E-state index in [1.807, 2.05) is 0 Å². The number of alkyl halides is 1. The zero-order valence-electron chi connectivity index (χ0n) is 19.3. The number of nitrogen functional groups attached to an aromatic ring is 1. The molecule has 1 saturated carbocycles. The molecule has 0 bridgehead atoms. The third-order valence-corrected chi connectivity index (χ3v) is 6.96. The van der Waals surface area contributed by atoms with Crippen molar-refractivity contribution < 1.29 is 38.8 Å². The van der Waals surface area contributed by atoms with Crippen LogP contribution in [0.3, 0.4) is 0 Å². The van der Waals surface area contributed by atoms with Gasteiger partial charge in [0.2, 0.25) is 5.28 Å². The first kappa shape index (κ1) is 25.0. The number of nitrogens with two attached hydrogens (primary N) is 1. The number of nitrogens with zero attached hydrogens (tertiary/aromatic N) is 7. The molecule has 1 unspecified atom stereocenters. The number of halogens is 2. The van der Waals surface area contributed by atoms with Crippen LogP contribution in [-0.2, 0) is 25.5 Å². The lowest BCUT2D eigenvalue weighted by Crippen LogP contribution is -2.53. The summed E-state index contributed by atoms with van der Waals surface area (Å²) in [6.07, 6.45) is -6.11. The molecule has 16 nitrogen and oxygen atoms in total. The first-order chi connectivity index (χ1) is 18.6. The summed E-state index contributed by atoms with van der Waals surface area (Å²) in [6.45, 7) is 0. The maximum Gasteiger partial charge on any atom is 0.348 e. The van der Waals surface area contributed by atoms with Gasteiger partial charge in [-0.3, -0.25) is 4.57 Å². The molecule has 0 amide bonds. The van der Waals surface area contributed by atoms with E-state index in [4.69, 9.17) is 26.8 Å². The lowest BCUT2D eigenvalue weighted by Gasteiger charge is -2.28. The van der Waals surface area contributed by atoms with Gasteiger partial charge in [-0.2, -0.15) is 9.97 Å². The molecule has 2 fully saturated rings. The predicted molar refractivity (Wildman–Crippen MR) is 125 cm³/mol. The minimum Gasteiger partial charge on any atom is -0.479 e. The fraction of sp³-hybridized carbons (Fsp3) is 0.333. The average molecular weight is 562 g/mol. The van der Waals surface area contributed by atoms with Gasteiger partial charge < -0.3 is 30.5 Å². The van der Waals surface area contributed by atoms with E-state index in [2.05, 4.69) is 35.6 Å². The molecule has 3 aromatic heterocycles. The summed E-state index contributed by atoms with van der Waals surface area (Å²) >= 11 is 5.85. The van der Waals surface area contributed by atoms with Gasteiger partial charge in [0, 0.05) is 12.0 Å². The summed E-state index contributed by atoms with van der Waals surface area (Å²) < 4.78 is 27.9. The van der Waals surface area contributed by atoms with Gasteiger partial charge in [0.1, 0.15) is 17.7 Å². The van der Waals surface area contributed by atoms with E-state index >= 15 is 4.39 Å². The van der Waals surface area contributed by atoms with Crippen LogP contribution in [0.15, 0.2) is 30.6 Å². The van der Waals surface area contributed by atoms with Crippen LogP contribution >= 0.6 is 11.6 Å². The second-order valence-electron chi connectivity index (χ2n) is 9.04. The van der Waals surface area contributed by atoms with Crippen LogP contribution in [0.25, 0.3) is 22.6 Å². The van der Waals surface area contributed by atoms with E-state index in [0.717, 1.165) is 4.57 Å². The number of tetrazole rings is 1. The summed E-state index contributed by atoms with van der Waals surface area (Å²) in [5.74, 6) is -3.40. The zero-order valence-corrected chi connectivity index (χ0v) is 20.1. The number of fused-ring (bicyclic) bond motifs is 2. The van der Waals surface area contributed by atoms with E-state index in [0.29, 0.717) is 11.4 Å². The SMILES string of the molecule is Nc1nc(Cl)nc2c1ncn2[C@@H]1O[C@@H]2C(OC(Cc3ccc(-c4nnn[nH]4)cc3)(C(=O)O)C(=O)O)[C@]2(O)[C@@H]1F. The van der Waals surface area contributed by atoms with Gasteiger partial charge in [-0.05, 0) is 27.6 Å². The van der Waals surface area contributed by atoms with Gasteiger partial charge in [0.05, 0.1) is 6.33 Å². The van der Waals surface area contributed by atoms with Gasteiger partial charge in [0.15, 0.2) is 35.3 Å². The van der Waals surface area contributed by atoms with E-state index in [9.17, 15) is 24.9 Å². The number of imidazole rings is 1. The lowest BCUT2D eigenvalue weighted by atomic mass is 9.93. The molecule has 0 spiro atoms. The third-order valence-electron chi connectivity index (χ3n) is 6.80. The maximum absolute atomic E-state index is 15.6. The number of benzene rings is 1. The van der Waals surface area contributed by atoms with Crippen LogP contribution < -0.4 is 5.73 Å². The van der Waals surface area contributed by atoms with Gasteiger partial charge in [0.25, 0.3) is 5.60 Å². The molecule has 6 rings (SSSR count). The molecule has 1 saturated heterocycles. The summed E-state index contributed by atoms with van der Waals surface area (Å²) in [7, 11) is 0. The summed E-state index contributed by atoms with van der Waals surface area (Å²) in [4.78, 5) is 36.3. The highest BCUT2D eigenvalue weighted by Gasteiger charge is 2.80. The number of aromatic amines is 1. The Labute approximate surface area is 220 Å². The smallest absolute Gasteiger partial charge is 0.348 e. The number of anilines is 1. The van der Waals surface area contributed by atoms with E-state index < -0.39 is 54.2 Å². The van der Waals surface area contributed by atoms with Crippen LogP contribution in [0.2, 0.25) is 5.28 Å². The Morgan fingerprint density at radius 1 is 1.26 bits per heavy atom. The number of H-pyrrole nitrogens is 1. The number of aromatic nitrogens is 8. The summed E-state index contributed by atoms with van der Waals surface area (Å²) in [6, 6.07) is 6.04. The van der Waals surface area contributed by atoms with E-state index in [1.54, 1.807) is 12.1 Å². The molecule has 1 aliphatic heterocycles. The van der Waals surface area contributed by atoms with Crippen LogP contribution in [-0.4, -0.2) is 97.0 Å². The van der Waals surface area contributed by atoms with Crippen molar-refractivity contribution in [2.75, 3.05) is 5.73 Å². The number of aliphatic hydroxyl groups is 1. The highest BCUT2D eigenvalue weighted by atomic mass is 35.5. The highest BCUT2D eigenvalue weighted by Crippen LogP contribution is 2.58. The highest BCUT2D eigenvalue weighted by molar-refractivity contribution is 6.28. The van der Waals surface area contributed by atoms with Crippen molar-refractivity contribution in [3.05, 3.63) is 41.4 Å². The Hall–Kier alpha value is -4.32. The number of carbonyl (C=O) groups is 2. The Bertz CT molecular complexity index is 1590. The van der Waals surface area contributed by atoms with Gasteiger partial charge in [-0.25, -0.2) is 24.1 Å². The Kier molecular flexibility index (Phi) is 5.51. The molecule has 1 aliphatic carbocycles. The number of nitrogens with one attached hydrogen (secondary N) is 1. The van der Waals surface area contributed by atoms with Crippen LogP contribution in [0.5, 0.6) is 0 Å². The van der Waals surface area contributed by atoms with Gasteiger partial charge >= 0.3 is 11.9 Å². The van der Waals surface area contributed by atoms with Gasteiger partial charge in [-0.1, -0.05) is 24.3 Å². The Balaban J connectivity index is 1.25. The molecule has 2 aliphatic rings. The average Bonchev–Trinajstić information content (AvgIpc) is 3.38. The maximum atomic E-state index is 15.6. The Morgan fingerprint density at radius 2 is 1.97 bits per heavy atom.